The number of amides is 1. The van der Waals surface area contributed by atoms with Gasteiger partial charge in [-0.15, -0.1) is 0 Å². The molecule has 3 rings (SSSR count). The van der Waals surface area contributed by atoms with Gasteiger partial charge in [0.05, 0.1) is 19.7 Å². The van der Waals surface area contributed by atoms with Gasteiger partial charge in [-0.3, -0.25) is 9.48 Å². The molecule has 3 aromatic rings. The van der Waals surface area contributed by atoms with Crippen LogP contribution >= 0.6 is 0 Å². The lowest BCUT2D eigenvalue weighted by molar-refractivity contribution is -0.128. The maximum atomic E-state index is 12.7. The molecule has 0 radical (unpaired) electrons. The van der Waals surface area contributed by atoms with Gasteiger partial charge in [-0.25, -0.2) is 4.98 Å². The van der Waals surface area contributed by atoms with Crippen LogP contribution in [0.4, 0.5) is 0 Å². The number of benzene rings is 2. The van der Waals surface area contributed by atoms with E-state index in [-0.39, 0.29) is 11.9 Å². The number of ether oxygens (including phenoxy) is 2. The molecular formula is C20H22N4O3. The summed E-state index contributed by atoms with van der Waals surface area (Å²) in [7, 11) is 1.60. The Morgan fingerprint density at radius 2 is 1.81 bits per heavy atom. The highest BCUT2D eigenvalue weighted by Gasteiger charge is 2.21. The molecule has 140 valence electrons. The van der Waals surface area contributed by atoms with Gasteiger partial charge in [0.25, 0.3) is 5.91 Å². The molecule has 0 saturated heterocycles. The molecule has 0 saturated carbocycles. The molecule has 7 heteroatoms. The van der Waals surface area contributed by atoms with Crippen LogP contribution in [-0.2, 0) is 11.3 Å². The normalized spacial score (nSPS) is 12.8. The van der Waals surface area contributed by atoms with Crippen LogP contribution in [0.15, 0.2) is 67.3 Å². The summed E-state index contributed by atoms with van der Waals surface area (Å²) in [5.74, 6) is 1.13. The second-order valence-electron chi connectivity index (χ2n) is 6.02. The van der Waals surface area contributed by atoms with Crippen LogP contribution in [0.1, 0.15) is 18.5 Å². The third kappa shape index (κ3) is 5.07. The smallest absolute Gasteiger partial charge is 0.261 e. The molecule has 2 unspecified atom stereocenters. The predicted octanol–water partition coefficient (Wildman–Crippen LogP) is 2.61. The van der Waals surface area contributed by atoms with Crippen molar-refractivity contribution in [2.45, 2.75) is 25.6 Å². The van der Waals surface area contributed by atoms with E-state index < -0.39 is 6.10 Å². The van der Waals surface area contributed by atoms with Gasteiger partial charge in [0, 0.05) is 0 Å². The fourth-order valence-electron chi connectivity index (χ4n) is 2.63. The van der Waals surface area contributed by atoms with Crippen molar-refractivity contribution in [3.8, 4) is 11.5 Å². The lowest BCUT2D eigenvalue weighted by atomic mass is 10.1. The SMILES string of the molecule is COc1ccc(OC(C)C(=O)NC(Cn2cncn2)c2ccccc2)cc1. The Morgan fingerprint density at radius 3 is 2.44 bits per heavy atom. The van der Waals surface area contributed by atoms with Crippen LogP contribution in [0.3, 0.4) is 0 Å². The van der Waals surface area contributed by atoms with Gasteiger partial charge in [0.1, 0.15) is 24.2 Å². The van der Waals surface area contributed by atoms with Gasteiger partial charge in [0.2, 0.25) is 0 Å². The molecule has 7 nitrogen and oxygen atoms in total. The van der Waals surface area contributed by atoms with Crippen molar-refractivity contribution in [1.29, 1.82) is 0 Å². The van der Waals surface area contributed by atoms with Crippen molar-refractivity contribution in [2.75, 3.05) is 7.11 Å². The van der Waals surface area contributed by atoms with Crippen LogP contribution in [0, 0.1) is 0 Å². The summed E-state index contributed by atoms with van der Waals surface area (Å²) in [5.41, 5.74) is 0.984. The van der Waals surface area contributed by atoms with Gasteiger partial charge in [-0.2, -0.15) is 5.10 Å². The summed E-state index contributed by atoms with van der Waals surface area (Å²) in [6.45, 7) is 2.20. The Balaban J connectivity index is 1.67. The number of carbonyl (C=O) groups excluding carboxylic acids is 1. The predicted molar refractivity (Wildman–Crippen MR) is 100 cm³/mol. The summed E-state index contributed by atoms with van der Waals surface area (Å²) in [6, 6.07) is 16.6. The maximum Gasteiger partial charge on any atom is 0.261 e. The Morgan fingerprint density at radius 1 is 1.11 bits per heavy atom. The van der Waals surface area contributed by atoms with Crippen molar-refractivity contribution in [2.24, 2.45) is 0 Å². The zero-order valence-corrected chi connectivity index (χ0v) is 15.3. The highest BCUT2D eigenvalue weighted by atomic mass is 16.5. The van der Waals surface area contributed by atoms with Crippen LogP contribution in [0.5, 0.6) is 11.5 Å². The van der Waals surface area contributed by atoms with Crippen LogP contribution < -0.4 is 14.8 Å². The van der Waals surface area contributed by atoms with E-state index in [1.807, 2.05) is 30.3 Å². The first-order valence-electron chi connectivity index (χ1n) is 8.64. The third-order valence-electron chi connectivity index (χ3n) is 4.10. The second kappa shape index (κ2) is 8.84. The van der Waals surface area contributed by atoms with E-state index in [1.165, 1.54) is 6.33 Å². The quantitative estimate of drug-likeness (QED) is 0.663. The first-order valence-corrected chi connectivity index (χ1v) is 8.64. The zero-order chi connectivity index (χ0) is 19.1. The van der Waals surface area contributed by atoms with E-state index in [1.54, 1.807) is 49.3 Å². The molecule has 1 heterocycles. The molecule has 1 aromatic heterocycles. The average Bonchev–Trinajstić information content (AvgIpc) is 3.22. The van der Waals surface area contributed by atoms with Crippen molar-refractivity contribution in [3.63, 3.8) is 0 Å². The van der Waals surface area contributed by atoms with Gasteiger partial charge in [-0.05, 0) is 36.8 Å². The number of carbonyl (C=O) groups is 1. The molecule has 0 bridgehead atoms. The molecule has 0 fully saturated rings. The van der Waals surface area contributed by atoms with E-state index in [0.29, 0.717) is 12.3 Å². The van der Waals surface area contributed by atoms with Crippen molar-refractivity contribution >= 4 is 5.91 Å². The minimum absolute atomic E-state index is 0.209. The van der Waals surface area contributed by atoms with Crippen molar-refractivity contribution in [1.82, 2.24) is 20.1 Å². The van der Waals surface area contributed by atoms with E-state index in [9.17, 15) is 4.79 Å². The average molecular weight is 366 g/mol. The maximum absolute atomic E-state index is 12.7. The van der Waals surface area contributed by atoms with Gasteiger partial charge in [0.15, 0.2) is 6.10 Å². The van der Waals surface area contributed by atoms with Crippen LogP contribution in [0.25, 0.3) is 0 Å². The monoisotopic (exact) mass is 366 g/mol. The number of hydrogen-bond donors (Lipinski definition) is 1. The summed E-state index contributed by atoms with van der Waals surface area (Å²) < 4.78 is 12.6. The summed E-state index contributed by atoms with van der Waals surface area (Å²) in [6.07, 6.45) is 2.44. The van der Waals surface area contributed by atoms with E-state index in [4.69, 9.17) is 9.47 Å². The summed E-state index contributed by atoms with van der Waals surface area (Å²) in [4.78, 5) is 16.6. The standard InChI is InChI=1S/C20H22N4O3/c1-15(27-18-10-8-17(26-2)9-11-18)20(25)23-19(12-24-14-21-13-22-24)16-6-4-3-5-7-16/h3-11,13-15,19H,12H2,1-2H3,(H,23,25). The Bertz CT molecular complexity index is 835. The van der Waals surface area contributed by atoms with Gasteiger partial charge >= 0.3 is 0 Å². The first-order chi connectivity index (χ1) is 13.2. The van der Waals surface area contributed by atoms with E-state index >= 15 is 0 Å². The summed E-state index contributed by atoms with van der Waals surface area (Å²) >= 11 is 0. The molecule has 1 amide bonds. The highest BCUT2D eigenvalue weighted by molar-refractivity contribution is 5.81. The molecular weight excluding hydrogens is 344 g/mol. The minimum atomic E-state index is -0.652. The zero-order valence-electron chi connectivity index (χ0n) is 15.3. The van der Waals surface area contributed by atoms with E-state index in [2.05, 4.69) is 15.4 Å². The fraction of sp³-hybridized carbons (Fsp3) is 0.250. The lowest BCUT2D eigenvalue weighted by Gasteiger charge is -2.22. The molecule has 0 aliphatic carbocycles. The van der Waals surface area contributed by atoms with Crippen LogP contribution in [0.2, 0.25) is 0 Å². The summed E-state index contributed by atoms with van der Waals surface area (Å²) in [5, 5.41) is 7.17. The Kier molecular flexibility index (Phi) is 6.04. The first kappa shape index (κ1) is 18.4. The van der Waals surface area contributed by atoms with Crippen molar-refractivity contribution in [3.05, 3.63) is 72.8 Å². The molecule has 2 aromatic carbocycles. The Hall–Kier alpha value is -3.35. The topological polar surface area (TPSA) is 78.3 Å². The minimum Gasteiger partial charge on any atom is -0.497 e. The number of nitrogens with zero attached hydrogens (tertiary/aromatic N) is 3. The fourth-order valence-corrected chi connectivity index (χ4v) is 2.63. The molecule has 2 atom stereocenters. The van der Waals surface area contributed by atoms with Gasteiger partial charge in [-0.1, -0.05) is 30.3 Å². The molecule has 27 heavy (non-hydrogen) atoms. The number of methoxy groups -OCH3 is 1. The molecule has 0 aliphatic rings. The Labute approximate surface area is 158 Å². The van der Waals surface area contributed by atoms with Gasteiger partial charge < -0.3 is 14.8 Å². The third-order valence-corrected chi connectivity index (χ3v) is 4.10. The molecule has 0 aliphatic heterocycles. The van der Waals surface area contributed by atoms with Crippen molar-refractivity contribution < 1.29 is 14.3 Å². The highest BCUT2D eigenvalue weighted by Crippen LogP contribution is 2.19. The number of hydrogen-bond acceptors (Lipinski definition) is 5. The second-order valence-corrected chi connectivity index (χ2v) is 6.02. The number of nitrogens with one attached hydrogen (secondary N) is 1. The number of aromatic nitrogens is 3. The number of rotatable bonds is 8. The molecule has 0 spiro atoms. The van der Waals surface area contributed by atoms with E-state index in [0.717, 1.165) is 11.3 Å². The lowest BCUT2D eigenvalue weighted by Crippen LogP contribution is -2.40. The molecule has 1 N–H and O–H groups in total. The van der Waals surface area contributed by atoms with Crippen LogP contribution in [-0.4, -0.2) is 33.9 Å². The largest absolute Gasteiger partial charge is 0.497 e.